The predicted octanol–water partition coefficient (Wildman–Crippen LogP) is 3.54. The van der Waals surface area contributed by atoms with Crippen molar-refractivity contribution in [2.75, 3.05) is 11.4 Å². The third-order valence-electron chi connectivity index (χ3n) is 7.15. The number of aromatic nitrogens is 4. The van der Waals surface area contributed by atoms with Gasteiger partial charge in [0, 0.05) is 24.3 Å². The van der Waals surface area contributed by atoms with Crippen LogP contribution in [-0.4, -0.2) is 44.0 Å². The van der Waals surface area contributed by atoms with E-state index in [-0.39, 0.29) is 17.4 Å². The number of nitrogens with one attached hydrogen (secondary N) is 2. The smallest absolute Gasteiger partial charge is 0.313 e. The Hall–Kier alpha value is -4.22. The molecule has 1 fully saturated rings. The zero-order valence-corrected chi connectivity index (χ0v) is 20.9. The van der Waals surface area contributed by atoms with E-state index < -0.39 is 35.3 Å². The maximum Gasteiger partial charge on any atom is 0.406 e. The number of aromatic amines is 2. The molecule has 0 radical (unpaired) electrons. The summed E-state index contributed by atoms with van der Waals surface area (Å²) in [5.74, 6) is -0.122. The summed E-state index contributed by atoms with van der Waals surface area (Å²) in [4.78, 5) is 46.0. The molecule has 9 nitrogen and oxygen atoms in total. The van der Waals surface area contributed by atoms with Gasteiger partial charge < -0.3 is 9.88 Å². The largest absolute Gasteiger partial charge is 0.406 e. The molecule has 0 saturated heterocycles. The number of imidazole rings is 1. The minimum Gasteiger partial charge on any atom is -0.313 e. The van der Waals surface area contributed by atoms with Crippen LogP contribution in [0.15, 0.2) is 58.1 Å². The van der Waals surface area contributed by atoms with E-state index in [9.17, 15) is 27.6 Å². The molecule has 5 rings (SSSR count). The molecule has 38 heavy (non-hydrogen) atoms. The molecule has 2 aromatic heterocycles. The molecule has 1 amide bonds. The number of benzene rings is 1. The van der Waals surface area contributed by atoms with Gasteiger partial charge in [-0.2, -0.15) is 18.3 Å². The molecule has 12 heteroatoms. The van der Waals surface area contributed by atoms with Crippen LogP contribution in [0, 0.1) is 5.92 Å². The number of amides is 1. The number of alkyl halides is 3. The lowest BCUT2D eigenvalue weighted by molar-refractivity contribution is -0.134. The number of allylic oxidation sites excluding steroid dienone is 1. The minimum atomic E-state index is -4.52. The Morgan fingerprint density at radius 1 is 1.26 bits per heavy atom. The maximum atomic E-state index is 13.2. The summed E-state index contributed by atoms with van der Waals surface area (Å²) in [6.45, 7) is 7.75. The number of anilines is 1. The molecule has 198 valence electrons. The standard InChI is InChI=1S/C26H25F3N6O3/c1-13(21-30-7-8-35(21)33-14(2)18-11-31-24(38)32-22(18)36)16-10-17(16)15-5-6-19-20(9-15)34(12-26(27,28)29)23(37)25(19,3)4/h5-9,11,16-17H,1,10,12H2,2-4H3,(H2,31,32,36,38)/b33-14+/t16-,17-/m1/s1. The van der Waals surface area contributed by atoms with Crippen LogP contribution in [0.3, 0.4) is 0 Å². The molecule has 0 unspecified atom stereocenters. The average Bonchev–Trinajstić information content (AvgIpc) is 3.47. The van der Waals surface area contributed by atoms with E-state index in [0.29, 0.717) is 34.8 Å². The van der Waals surface area contributed by atoms with Crippen molar-refractivity contribution in [1.29, 1.82) is 0 Å². The first-order chi connectivity index (χ1) is 17.8. The molecule has 1 aliphatic heterocycles. The number of rotatable bonds is 6. The summed E-state index contributed by atoms with van der Waals surface area (Å²) < 4.78 is 41.2. The summed E-state index contributed by atoms with van der Waals surface area (Å²) in [5.41, 5.74) is 0.680. The molecule has 2 aliphatic rings. The number of H-pyrrole nitrogens is 2. The molecule has 1 aromatic carbocycles. The number of hydrogen-bond donors (Lipinski definition) is 2. The van der Waals surface area contributed by atoms with Crippen molar-refractivity contribution in [3.63, 3.8) is 0 Å². The van der Waals surface area contributed by atoms with Gasteiger partial charge in [0.25, 0.3) is 5.56 Å². The number of fused-ring (bicyclic) bond motifs is 1. The lowest BCUT2D eigenvalue weighted by Gasteiger charge is -2.21. The van der Waals surface area contributed by atoms with Crippen molar-refractivity contribution in [3.8, 4) is 0 Å². The number of carbonyl (C=O) groups excluding carboxylic acids is 1. The van der Waals surface area contributed by atoms with Gasteiger partial charge in [-0.3, -0.25) is 14.6 Å². The molecule has 2 atom stereocenters. The normalized spacial score (nSPS) is 20.5. The highest BCUT2D eigenvalue weighted by Crippen LogP contribution is 2.55. The lowest BCUT2D eigenvalue weighted by atomic mass is 9.85. The highest BCUT2D eigenvalue weighted by Gasteiger charge is 2.49. The van der Waals surface area contributed by atoms with E-state index in [2.05, 4.69) is 26.6 Å². The maximum absolute atomic E-state index is 13.2. The Labute approximate surface area is 214 Å². The second-order valence-electron chi connectivity index (χ2n) is 10.1. The number of halogens is 3. The zero-order chi connectivity index (χ0) is 27.6. The predicted molar refractivity (Wildman–Crippen MR) is 135 cm³/mol. The van der Waals surface area contributed by atoms with Gasteiger partial charge in [-0.1, -0.05) is 18.7 Å². The van der Waals surface area contributed by atoms with Gasteiger partial charge in [-0.15, -0.1) is 0 Å². The molecule has 0 bridgehead atoms. The van der Waals surface area contributed by atoms with E-state index in [1.807, 2.05) is 6.07 Å². The first kappa shape index (κ1) is 25.4. The number of nitrogens with zero attached hydrogens (tertiary/aromatic N) is 4. The van der Waals surface area contributed by atoms with Gasteiger partial charge in [0.15, 0.2) is 5.82 Å². The average molecular weight is 527 g/mol. The van der Waals surface area contributed by atoms with Crippen molar-refractivity contribution in [3.05, 3.63) is 86.7 Å². The molecular formula is C26H25F3N6O3. The van der Waals surface area contributed by atoms with Crippen molar-refractivity contribution < 1.29 is 18.0 Å². The molecule has 1 aliphatic carbocycles. The third kappa shape index (κ3) is 4.39. The van der Waals surface area contributed by atoms with Gasteiger partial charge in [0.2, 0.25) is 5.91 Å². The summed E-state index contributed by atoms with van der Waals surface area (Å²) in [5, 5.41) is 4.44. The van der Waals surface area contributed by atoms with Crippen molar-refractivity contribution >= 4 is 22.9 Å². The summed E-state index contributed by atoms with van der Waals surface area (Å²) in [6, 6.07) is 5.29. The first-order valence-electron chi connectivity index (χ1n) is 11.9. The Balaban J connectivity index is 1.40. The summed E-state index contributed by atoms with van der Waals surface area (Å²) in [6.07, 6.45) is 0.631. The third-order valence-corrected chi connectivity index (χ3v) is 7.15. The van der Waals surface area contributed by atoms with E-state index in [1.165, 1.54) is 10.9 Å². The quantitative estimate of drug-likeness (QED) is 0.478. The fraction of sp³-hybridized carbons (Fsp3) is 0.346. The van der Waals surface area contributed by atoms with E-state index in [4.69, 9.17) is 0 Å². The second-order valence-corrected chi connectivity index (χ2v) is 10.1. The Morgan fingerprint density at radius 2 is 2.00 bits per heavy atom. The van der Waals surface area contributed by atoms with Crippen LogP contribution in [-0.2, 0) is 10.2 Å². The Kier molecular flexibility index (Phi) is 5.80. The SMILES string of the molecule is C=C(c1nccn1/N=C(\C)c1c[nH]c(=O)[nH]c1=O)[C@H]1C[C@@H]1c1ccc2c(c1)N(CC(F)(F)F)C(=O)C2(C)C. The minimum absolute atomic E-state index is 0.00313. The molecule has 1 saturated carbocycles. The van der Waals surface area contributed by atoms with Crippen LogP contribution in [0.4, 0.5) is 18.9 Å². The topological polar surface area (TPSA) is 116 Å². The molecule has 0 spiro atoms. The Morgan fingerprint density at radius 3 is 2.68 bits per heavy atom. The fourth-order valence-electron chi connectivity index (χ4n) is 5.05. The van der Waals surface area contributed by atoms with Crippen LogP contribution in [0.2, 0.25) is 0 Å². The molecule has 3 heterocycles. The molecule has 2 N–H and O–H groups in total. The fourth-order valence-corrected chi connectivity index (χ4v) is 5.05. The van der Waals surface area contributed by atoms with Gasteiger partial charge >= 0.3 is 11.9 Å². The number of carbonyl (C=O) groups is 1. The van der Waals surface area contributed by atoms with Gasteiger partial charge in [0.1, 0.15) is 6.54 Å². The van der Waals surface area contributed by atoms with E-state index >= 15 is 0 Å². The van der Waals surface area contributed by atoms with E-state index in [1.54, 1.807) is 45.3 Å². The number of hydrogen-bond acceptors (Lipinski definition) is 5. The zero-order valence-electron chi connectivity index (χ0n) is 20.9. The molecule has 3 aromatic rings. The van der Waals surface area contributed by atoms with Gasteiger partial charge in [-0.25, -0.2) is 14.5 Å². The highest BCUT2D eigenvalue weighted by atomic mass is 19.4. The second kappa shape index (κ2) is 8.67. The monoisotopic (exact) mass is 526 g/mol. The van der Waals surface area contributed by atoms with E-state index in [0.717, 1.165) is 10.5 Å². The van der Waals surface area contributed by atoms with Crippen LogP contribution in [0.25, 0.3) is 5.57 Å². The van der Waals surface area contributed by atoms with Crippen LogP contribution in [0.1, 0.15) is 55.6 Å². The van der Waals surface area contributed by atoms with Crippen LogP contribution in [0.5, 0.6) is 0 Å². The lowest BCUT2D eigenvalue weighted by Crippen LogP contribution is -2.41. The van der Waals surface area contributed by atoms with Crippen LogP contribution < -0.4 is 16.1 Å². The molecular weight excluding hydrogens is 501 g/mol. The Bertz CT molecular complexity index is 1610. The van der Waals surface area contributed by atoms with Crippen molar-refractivity contribution in [2.45, 2.75) is 44.7 Å². The van der Waals surface area contributed by atoms with Crippen LogP contribution >= 0.6 is 0 Å². The van der Waals surface area contributed by atoms with Crippen molar-refractivity contribution in [2.24, 2.45) is 11.0 Å². The van der Waals surface area contributed by atoms with Gasteiger partial charge in [0.05, 0.1) is 16.7 Å². The van der Waals surface area contributed by atoms with Gasteiger partial charge in [-0.05, 0) is 61.8 Å². The summed E-state index contributed by atoms with van der Waals surface area (Å²) in [7, 11) is 0. The van der Waals surface area contributed by atoms with Crippen molar-refractivity contribution in [1.82, 2.24) is 19.6 Å². The summed E-state index contributed by atoms with van der Waals surface area (Å²) >= 11 is 0. The first-order valence-corrected chi connectivity index (χ1v) is 11.9. The highest BCUT2D eigenvalue weighted by molar-refractivity contribution is 6.07.